The largest absolute Gasteiger partial charge is 0.507 e. The minimum Gasteiger partial charge on any atom is -0.507 e. The Morgan fingerprint density at radius 1 is 1.05 bits per heavy atom. The van der Waals surface area contributed by atoms with Gasteiger partial charge in [0, 0.05) is 31.7 Å². The average Bonchev–Trinajstić information content (AvgIpc) is 3.16. The van der Waals surface area contributed by atoms with E-state index in [0.29, 0.717) is 50.0 Å². The number of aliphatic hydroxyl groups is 1. The lowest BCUT2D eigenvalue weighted by atomic mass is 9.95. The maximum atomic E-state index is 13.3. The highest BCUT2D eigenvalue weighted by molar-refractivity contribution is 6.46. The van der Waals surface area contributed by atoms with Crippen LogP contribution in [0, 0.1) is 0 Å². The zero-order valence-corrected chi connectivity index (χ0v) is 21.4. The van der Waals surface area contributed by atoms with Crippen LogP contribution < -0.4 is 9.47 Å². The summed E-state index contributed by atoms with van der Waals surface area (Å²) in [5.74, 6) is -0.221. The molecule has 2 fully saturated rings. The Morgan fingerprint density at radius 2 is 1.70 bits per heavy atom. The molecule has 1 amide bonds. The number of hydrogen-bond donors (Lipinski definition) is 1. The fourth-order valence-corrected chi connectivity index (χ4v) is 4.55. The van der Waals surface area contributed by atoms with Crippen LogP contribution in [0.4, 0.5) is 0 Å². The first-order chi connectivity index (χ1) is 17.9. The minimum absolute atomic E-state index is 0.0171. The van der Waals surface area contributed by atoms with E-state index < -0.39 is 17.7 Å². The van der Waals surface area contributed by atoms with Crippen molar-refractivity contribution in [3.05, 3.63) is 77.9 Å². The van der Waals surface area contributed by atoms with Crippen molar-refractivity contribution in [2.24, 2.45) is 0 Å². The van der Waals surface area contributed by atoms with Gasteiger partial charge in [0.05, 0.1) is 30.9 Å². The molecule has 0 bridgehead atoms. The van der Waals surface area contributed by atoms with E-state index in [1.165, 1.54) is 0 Å². The van der Waals surface area contributed by atoms with Gasteiger partial charge in [-0.3, -0.25) is 14.5 Å². The molecule has 2 aromatic rings. The van der Waals surface area contributed by atoms with E-state index in [-0.39, 0.29) is 17.4 Å². The topological polar surface area (TPSA) is 88.5 Å². The molecular formula is C29H34N2O6. The van der Waals surface area contributed by atoms with Crippen LogP contribution in [0.3, 0.4) is 0 Å². The van der Waals surface area contributed by atoms with Crippen LogP contribution in [0.15, 0.2) is 66.8 Å². The third-order valence-electron chi connectivity index (χ3n) is 6.36. The summed E-state index contributed by atoms with van der Waals surface area (Å²) >= 11 is 0. The number of carbonyl (C=O) groups is 2. The van der Waals surface area contributed by atoms with Crippen LogP contribution in [0.25, 0.3) is 5.76 Å². The van der Waals surface area contributed by atoms with E-state index in [2.05, 4.69) is 11.5 Å². The number of aliphatic hydroxyl groups excluding tert-OH is 1. The van der Waals surface area contributed by atoms with Gasteiger partial charge < -0.3 is 24.2 Å². The van der Waals surface area contributed by atoms with E-state index in [0.717, 1.165) is 18.7 Å². The molecule has 2 heterocycles. The zero-order valence-electron chi connectivity index (χ0n) is 21.4. The van der Waals surface area contributed by atoms with Crippen molar-refractivity contribution < 1.29 is 28.9 Å². The number of amides is 1. The van der Waals surface area contributed by atoms with Gasteiger partial charge in [-0.1, -0.05) is 24.8 Å². The van der Waals surface area contributed by atoms with Crippen LogP contribution in [-0.2, 0) is 14.3 Å². The van der Waals surface area contributed by atoms with Crippen molar-refractivity contribution in [3.63, 3.8) is 0 Å². The number of likely N-dealkylation sites (tertiary alicyclic amines) is 1. The fraction of sp³-hybridized carbons (Fsp3) is 0.379. The molecule has 2 aliphatic rings. The normalized spacial score (nSPS) is 19.9. The molecule has 4 rings (SSSR count). The van der Waals surface area contributed by atoms with Crippen molar-refractivity contribution >= 4 is 17.4 Å². The van der Waals surface area contributed by atoms with Gasteiger partial charge in [-0.25, -0.2) is 0 Å². The van der Waals surface area contributed by atoms with Crippen molar-refractivity contribution in [1.82, 2.24) is 9.80 Å². The van der Waals surface area contributed by atoms with Gasteiger partial charge in [-0.2, -0.15) is 0 Å². The molecule has 1 atom stereocenters. The smallest absolute Gasteiger partial charge is 0.295 e. The second-order valence-corrected chi connectivity index (χ2v) is 9.31. The van der Waals surface area contributed by atoms with Crippen LogP contribution in [0.1, 0.15) is 31.0 Å². The van der Waals surface area contributed by atoms with Gasteiger partial charge in [-0.15, -0.1) is 0 Å². The summed E-state index contributed by atoms with van der Waals surface area (Å²) in [6, 6.07) is 13.4. The molecule has 0 spiro atoms. The third kappa shape index (κ3) is 6.21. The van der Waals surface area contributed by atoms with E-state index in [9.17, 15) is 14.7 Å². The Bertz CT molecular complexity index is 1130. The lowest BCUT2D eigenvalue weighted by Crippen LogP contribution is -2.42. The number of ether oxygens (including phenoxy) is 3. The lowest BCUT2D eigenvalue weighted by Gasteiger charge is -2.31. The number of carbonyl (C=O) groups excluding carboxylic acids is 2. The predicted octanol–water partition coefficient (Wildman–Crippen LogP) is 3.79. The number of hydrogen-bond acceptors (Lipinski definition) is 7. The molecule has 37 heavy (non-hydrogen) atoms. The molecule has 0 aromatic heterocycles. The summed E-state index contributed by atoms with van der Waals surface area (Å²) in [7, 11) is 0. The van der Waals surface area contributed by atoms with E-state index >= 15 is 0 Å². The molecular weight excluding hydrogens is 472 g/mol. The van der Waals surface area contributed by atoms with Crippen LogP contribution in [0.5, 0.6) is 11.5 Å². The second kappa shape index (κ2) is 12.1. The lowest BCUT2D eigenvalue weighted by molar-refractivity contribution is -0.140. The quantitative estimate of drug-likeness (QED) is 0.227. The highest BCUT2D eigenvalue weighted by Gasteiger charge is 2.46. The standard InChI is InChI=1S/C29H34N2O6/c1-4-17-36-23-9-7-22(8-10-23)27(32)25-26(21-5-11-24(12-6-21)37-20(2)3)31(29(34)28(25)33)14-13-30-15-18-35-19-16-30/h4-12,20,26,32H,1,13-19H2,2-3H3/b27-25-. The highest BCUT2D eigenvalue weighted by Crippen LogP contribution is 2.40. The Labute approximate surface area is 217 Å². The summed E-state index contributed by atoms with van der Waals surface area (Å²) in [6.45, 7) is 11.7. The third-order valence-corrected chi connectivity index (χ3v) is 6.36. The average molecular weight is 507 g/mol. The van der Waals surface area contributed by atoms with E-state index in [1.807, 2.05) is 38.1 Å². The molecule has 8 heteroatoms. The molecule has 1 unspecified atom stereocenters. The second-order valence-electron chi connectivity index (χ2n) is 9.31. The summed E-state index contributed by atoms with van der Waals surface area (Å²) < 4.78 is 16.7. The van der Waals surface area contributed by atoms with Crippen LogP contribution in [-0.4, -0.2) is 78.7 Å². The summed E-state index contributed by atoms with van der Waals surface area (Å²) in [5.41, 5.74) is 1.23. The van der Waals surface area contributed by atoms with Gasteiger partial charge >= 0.3 is 0 Å². The first-order valence-electron chi connectivity index (χ1n) is 12.6. The molecule has 8 nitrogen and oxygen atoms in total. The Morgan fingerprint density at radius 3 is 2.32 bits per heavy atom. The van der Waals surface area contributed by atoms with Gasteiger partial charge in [-0.05, 0) is 55.8 Å². The van der Waals surface area contributed by atoms with E-state index in [1.54, 1.807) is 35.2 Å². The number of ketones is 1. The van der Waals surface area contributed by atoms with Crippen LogP contribution in [0.2, 0.25) is 0 Å². The SMILES string of the molecule is C=CCOc1ccc(/C(O)=C2/C(=O)C(=O)N(CCN3CCOCC3)C2c2ccc(OC(C)C)cc2)cc1. The van der Waals surface area contributed by atoms with Crippen molar-refractivity contribution in [2.75, 3.05) is 46.0 Å². The zero-order chi connectivity index (χ0) is 26.4. The summed E-state index contributed by atoms with van der Waals surface area (Å²) in [5, 5.41) is 11.3. The highest BCUT2D eigenvalue weighted by atomic mass is 16.5. The molecule has 1 N–H and O–H groups in total. The Balaban J connectivity index is 1.68. The van der Waals surface area contributed by atoms with E-state index in [4.69, 9.17) is 14.2 Å². The Hall–Kier alpha value is -3.62. The van der Waals surface area contributed by atoms with Crippen molar-refractivity contribution in [2.45, 2.75) is 26.0 Å². The number of Topliss-reactive ketones (excluding diaryl/α,β-unsaturated/α-hetero) is 1. The molecule has 2 aromatic carbocycles. The molecule has 0 radical (unpaired) electrons. The Kier molecular flexibility index (Phi) is 8.63. The summed E-state index contributed by atoms with van der Waals surface area (Å²) in [4.78, 5) is 30.3. The molecule has 2 saturated heterocycles. The molecule has 0 saturated carbocycles. The van der Waals surface area contributed by atoms with Crippen molar-refractivity contribution in [1.29, 1.82) is 0 Å². The van der Waals surface area contributed by atoms with Gasteiger partial charge in [0.2, 0.25) is 0 Å². The summed E-state index contributed by atoms with van der Waals surface area (Å²) in [6.07, 6.45) is 1.66. The molecule has 2 aliphatic heterocycles. The number of rotatable bonds is 10. The maximum Gasteiger partial charge on any atom is 0.295 e. The van der Waals surface area contributed by atoms with Gasteiger partial charge in [0.15, 0.2) is 0 Å². The predicted molar refractivity (Wildman–Crippen MR) is 141 cm³/mol. The molecule has 0 aliphatic carbocycles. The first-order valence-corrected chi connectivity index (χ1v) is 12.6. The maximum absolute atomic E-state index is 13.3. The van der Waals surface area contributed by atoms with Crippen molar-refractivity contribution in [3.8, 4) is 11.5 Å². The first kappa shape index (κ1) is 26.4. The number of benzene rings is 2. The number of nitrogens with zero attached hydrogens (tertiary/aromatic N) is 2. The van der Waals surface area contributed by atoms with Gasteiger partial charge in [0.1, 0.15) is 23.9 Å². The van der Waals surface area contributed by atoms with Gasteiger partial charge in [0.25, 0.3) is 11.7 Å². The fourth-order valence-electron chi connectivity index (χ4n) is 4.55. The minimum atomic E-state index is -0.717. The monoisotopic (exact) mass is 506 g/mol. The molecule has 196 valence electrons. The number of morpholine rings is 1. The van der Waals surface area contributed by atoms with Crippen LogP contribution >= 0.6 is 0 Å².